The molecule has 1 saturated heterocycles. The largest absolute Gasteiger partial charge is 0.492 e. The molecule has 10 heteroatoms. The highest BCUT2D eigenvalue weighted by Crippen LogP contribution is 2.35. The van der Waals surface area contributed by atoms with Crippen molar-refractivity contribution in [3.63, 3.8) is 0 Å². The number of halogens is 1. The van der Waals surface area contributed by atoms with Gasteiger partial charge in [0.2, 0.25) is 0 Å². The number of anilines is 1. The molecule has 9 nitrogen and oxygen atoms in total. The fourth-order valence-electron chi connectivity index (χ4n) is 4.83. The predicted molar refractivity (Wildman–Crippen MR) is 150 cm³/mol. The van der Waals surface area contributed by atoms with Crippen LogP contribution >= 0.6 is 11.6 Å². The number of nitrogens with zero attached hydrogens (tertiary/aromatic N) is 6. The highest BCUT2D eigenvalue weighted by atomic mass is 35.5. The van der Waals surface area contributed by atoms with E-state index in [4.69, 9.17) is 21.3 Å². The summed E-state index contributed by atoms with van der Waals surface area (Å²) in [5, 5.41) is 7.45. The lowest BCUT2D eigenvalue weighted by Gasteiger charge is -2.26. The minimum atomic E-state index is 0.520. The first-order valence-electron chi connectivity index (χ1n) is 13.4. The van der Waals surface area contributed by atoms with Gasteiger partial charge in [-0.15, -0.1) is 0 Å². The Bertz CT molecular complexity index is 1410. The maximum Gasteiger partial charge on any atom is 0.166 e. The first-order valence-corrected chi connectivity index (χ1v) is 13.7. The van der Waals surface area contributed by atoms with Crippen molar-refractivity contribution in [2.45, 2.75) is 26.3 Å². The quantitative estimate of drug-likeness (QED) is 0.316. The summed E-state index contributed by atoms with van der Waals surface area (Å²) in [5.41, 5.74) is 4.40. The van der Waals surface area contributed by atoms with E-state index in [-0.39, 0.29) is 0 Å². The molecule has 1 aliphatic carbocycles. The van der Waals surface area contributed by atoms with Crippen molar-refractivity contribution in [3.8, 4) is 17.1 Å². The number of aromatic nitrogens is 5. The molecule has 38 heavy (non-hydrogen) atoms. The van der Waals surface area contributed by atoms with Crippen LogP contribution in [0.4, 0.5) is 5.82 Å². The Kier molecular flexibility index (Phi) is 7.40. The zero-order valence-electron chi connectivity index (χ0n) is 21.7. The molecule has 2 N–H and O–H groups in total. The number of rotatable bonds is 10. The van der Waals surface area contributed by atoms with E-state index in [1.54, 1.807) is 6.33 Å². The molecule has 0 atom stereocenters. The first-order chi connectivity index (χ1) is 18.6. The highest BCUT2D eigenvalue weighted by molar-refractivity contribution is 6.33. The summed E-state index contributed by atoms with van der Waals surface area (Å²) in [6, 6.07) is 9.90. The molecule has 2 fully saturated rings. The van der Waals surface area contributed by atoms with Gasteiger partial charge in [-0.3, -0.25) is 9.88 Å². The number of imidazole rings is 1. The van der Waals surface area contributed by atoms with Crippen LogP contribution in [-0.4, -0.2) is 75.3 Å². The molecule has 0 radical (unpaired) electrons. The molecule has 3 aromatic heterocycles. The number of benzene rings is 1. The molecule has 1 aliphatic heterocycles. The van der Waals surface area contributed by atoms with E-state index in [2.05, 4.69) is 48.0 Å². The van der Waals surface area contributed by atoms with Gasteiger partial charge in [0.25, 0.3) is 0 Å². The summed E-state index contributed by atoms with van der Waals surface area (Å²) in [6.45, 7) is 9.17. The lowest BCUT2D eigenvalue weighted by atomic mass is 10.2. The molecule has 1 saturated carbocycles. The number of hydrogen-bond acceptors (Lipinski definition) is 8. The van der Waals surface area contributed by atoms with Crippen molar-refractivity contribution in [1.29, 1.82) is 0 Å². The summed E-state index contributed by atoms with van der Waals surface area (Å²) in [5.74, 6) is 2.95. The molecule has 6 rings (SSSR count). The fraction of sp³-hybridized carbons (Fsp3) is 0.429. The predicted octanol–water partition coefficient (Wildman–Crippen LogP) is 4.00. The first kappa shape index (κ1) is 25.0. The summed E-state index contributed by atoms with van der Waals surface area (Å²) >= 11 is 6.85. The van der Waals surface area contributed by atoms with Crippen molar-refractivity contribution in [2.75, 3.05) is 51.2 Å². The molecule has 198 valence electrons. The number of aryl methyl sites for hydroxylation is 1. The molecule has 0 amide bonds. The Morgan fingerprint density at radius 1 is 1.11 bits per heavy atom. The van der Waals surface area contributed by atoms with Crippen LogP contribution in [0, 0.1) is 12.8 Å². The highest BCUT2D eigenvalue weighted by Gasteiger charge is 2.23. The number of pyridine rings is 1. The SMILES string of the molecule is Cc1ccnc(Cn2c(-c3ccc(OCCN4CCNCC4)cc3Cl)nc3c(NCC4CC4)ncnc32)c1. The zero-order chi connectivity index (χ0) is 25.9. The van der Waals surface area contributed by atoms with Gasteiger partial charge in [-0.1, -0.05) is 11.6 Å². The minimum Gasteiger partial charge on any atom is -0.492 e. The molecule has 0 unspecified atom stereocenters. The van der Waals surface area contributed by atoms with Crippen LogP contribution in [0.15, 0.2) is 42.9 Å². The Morgan fingerprint density at radius 2 is 1.97 bits per heavy atom. The monoisotopic (exact) mass is 532 g/mol. The summed E-state index contributed by atoms with van der Waals surface area (Å²) in [4.78, 5) is 21.2. The van der Waals surface area contributed by atoms with Gasteiger partial charge in [0.05, 0.1) is 17.3 Å². The number of hydrogen-bond donors (Lipinski definition) is 2. The summed E-state index contributed by atoms with van der Waals surface area (Å²) in [6.07, 6.45) is 5.96. The Morgan fingerprint density at radius 3 is 2.76 bits per heavy atom. The normalized spacial score (nSPS) is 16.2. The number of ether oxygens (including phenoxy) is 1. The lowest BCUT2D eigenvalue weighted by Crippen LogP contribution is -2.44. The van der Waals surface area contributed by atoms with E-state index in [0.29, 0.717) is 24.1 Å². The van der Waals surface area contributed by atoms with Gasteiger partial charge in [-0.2, -0.15) is 0 Å². The standard InChI is InChI=1S/C28H33ClN8O/c1-19-6-7-31-21(14-19)17-37-27(35-25-26(32-16-20-2-3-20)33-18-34-28(25)37)23-5-4-22(15-24(23)29)38-13-12-36-10-8-30-9-11-36/h4-7,14-15,18,20,30H,2-3,8-13,16-17H2,1H3,(H,32,33,34). The Hall–Kier alpha value is -3.27. The van der Waals surface area contributed by atoms with Crippen molar-refractivity contribution in [1.82, 2.24) is 34.7 Å². The van der Waals surface area contributed by atoms with Gasteiger partial charge < -0.3 is 19.9 Å². The maximum absolute atomic E-state index is 6.85. The molecular formula is C28H33ClN8O. The number of nitrogens with one attached hydrogen (secondary N) is 2. The molecule has 4 heterocycles. The zero-order valence-corrected chi connectivity index (χ0v) is 22.4. The van der Waals surface area contributed by atoms with E-state index in [1.165, 1.54) is 12.8 Å². The van der Waals surface area contributed by atoms with Crippen molar-refractivity contribution in [2.24, 2.45) is 5.92 Å². The smallest absolute Gasteiger partial charge is 0.166 e. The second-order valence-corrected chi connectivity index (χ2v) is 10.6. The number of piperazine rings is 1. The molecule has 2 aliphatic rings. The second kappa shape index (κ2) is 11.2. The van der Waals surface area contributed by atoms with Crippen molar-refractivity contribution >= 4 is 28.6 Å². The van der Waals surface area contributed by atoms with Crippen LogP contribution in [0.3, 0.4) is 0 Å². The van der Waals surface area contributed by atoms with Crippen LogP contribution in [0.1, 0.15) is 24.1 Å². The summed E-state index contributed by atoms with van der Waals surface area (Å²) in [7, 11) is 0. The Labute approximate surface area is 227 Å². The van der Waals surface area contributed by atoms with E-state index in [1.807, 2.05) is 30.5 Å². The van der Waals surface area contributed by atoms with Gasteiger partial charge in [0.1, 0.15) is 24.5 Å². The van der Waals surface area contributed by atoms with Gasteiger partial charge in [-0.25, -0.2) is 15.0 Å². The van der Waals surface area contributed by atoms with Crippen molar-refractivity contribution in [3.05, 3.63) is 59.1 Å². The average Bonchev–Trinajstić information content (AvgIpc) is 3.69. The molecule has 0 bridgehead atoms. The van der Waals surface area contributed by atoms with Crippen LogP contribution in [0.25, 0.3) is 22.6 Å². The van der Waals surface area contributed by atoms with Gasteiger partial charge in [0, 0.05) is 51.0 Å². The third kappa shape index (κ3) is 5.75. The molecule has 4 aromatic rings. The lowest BCUT2D eigenvalue weighted by molar-refractivity contribution is 0.191. The van der Waals surface area contributed by atoms with Crippen LogP contribution in [-0.2, 0) is 6.54 Å². The van der Waals surface area contributed by atoms with E-state index in [0.717, 1.165) is 84.6 Å². The van der Waals surface area contributed by atoms with E-state index in [9.17, 15) is 0 Å². The van der Waals surface area contributed by atoms with Gasteiger partial charge in [0.15, 0.2) is 17.0 Å². The topological polar surface area (TPSA) is 93.0 Å². The summed E-state index contributed by atoms with van der Waals surface area (Å²) < 4.78 is 8.12. The third-order valence-corrected chi connectivity index (χ3v) is 7.46. The molecule has 0 spiro atoms. The van der Waals surface area contributed by atoms with Crippen LogP contribution < -0.4 is 15.4 Å². The number of fused-ring (bicyclic) bond motifs is 1. The maximum atomic E-state index is 6.85. The fourth-order valence-corrected chi connectivity index (χ4v) is 5.08. The van der Waals surface area contributed by atoms with Gasteiger partial charge in [-0.05, 0) is 61.6 Å². The van der Waals surface area contributed by atoms with E-state index < -0.39 is 0 Å². The van der Waals surface area contributed by atoms with Crippen molar-refractivity contribution < 1.29 is 4.74 Å². The minimum absolute atomic E-state index is 0.520. The molecule has 1 aromatic carbocycles. The second-order valence-electron chi connectivity index (χ2n) is 10.1. The van der Waals surface area contributed by atoms with Gasteiger partial charge >= 0.3 is 0 Å². The average molecular weight is 533 g/mol. The third-order valence-electron chi connectivity index (χ3n) is 7.15. The molecular weight excluding hydrogens is 500 g/mol. The van der Waals surface area contributed by atoms with E-state index >= 15 is 0 Å². The Balaban J connectivity index is 1.30. The van der Waals surface area contributed by atoms with Crippen LogP contribution in [0.2, 0.25) is 5.02 Å². The van der Waals surface area contributed by atoms with Crippen LogP contribution in [0.5, 0.6) is 5.75 Å².